The van der Waals surface area contributed by atoms with Gasteiger partial charge in [0.05, 0.1) is 6.61 Å². The lowest BCUT2D eigenvalue weighted by Crippen LogP contribution is -2.39. The predicted molar refractivity (Wildman–Crippen MR) is 81.6 cm³/mol. The summed E-state index contributed by atoms with van der Waals surface area (Å²) in [5.74, 6) is 0. The fourth-order valence-electron chi connectivity index (χ4n) is 1.94. The van der Waals surface area contributed by atoms with Gasteiger partial charge >= 0.3 is 0 Å². The second-order valence-electron chi connectivity index (χ2n) is 4.60. The first kappa shape index (κ1) is 18.5. The minimum Gasteiger partial charge on any atom is -0.382 e. The van der Waals surface area contributed by atoms with Gasteiger partial charge in [-0.05, 0) is 24.8 Å². The molecule has 0 aromatic heterocycles. The first-order valence-corrected chi connectivity index (χ1v) is 9.52. The maximum absolute atomic E-state index is 10.0. The summed E-state index contributed by atoms with van der Waals surface area (Å²) in [5, 5.41) is 0. The number of rotatable bonds is 9. The summed E-state index contributed by atoms with van der Waals surface area (Å²) in [5.41, 5.74) is 5.44. The van der Waals surface area contributed by atoms with Crippen molar-refractivity contribution in [1.29, 1.82) is 0 Å². The minimum atomic E-state index is -2.85. The summed E-state index contributed by atoms with van der Waals surface area (Å²) in [4.78, 5) is 10.0. The molecule has 9 heteroatoms. The number of hydrogen-bond acceptors (Lipinski definition) is 6. The molecule has 0 aromatic carbocycles. The van der Waals surface area contributed by atoms with Crippen LogP contribution in [-0.2, 0) is 30.5 Å². The van der Waals surface area contributed by atoms with Gasteiger partial charge in [-0.2, -0.15) is 0 Å². The Morgan fingerprint density at radius 3 is 2.70 bits per heavy atom. The molecule has 0 bridgehead atoms. The van der Waals surface area contributed by atoms with Crippen LogP contribution in [0.4, 0.5) is 0 Å². The van der Waals surface area contributed by atoms with Crippen LogP contribution in [0.5, 0.6) is 0 Å². The molecule has 1 aliphatic heterocycles. The molecule has 20 heavy (non-hydrogen) atoms. The van der Waals surface area contributed by atoms with Gasteiger partial charge in [0, 0.05) is 25.9 Å². The van der Waals surface area contributed by atoms with Crippen LogP contribution in [0, 0.1) is 0 Å². The van der Waals surface area contributed by atoms with E-state index < -0.39 is 30.8 Å². The first-order chi connectivity index (χ1) is 9.45. The van der Waals surface area contributed by atoms with Crippen LogP contribution < -0.4 is 5.73 Å². The van der Waals surface area contributed by atoms with Gasteiger partial charge in [-0.25, -0.2) is 0 Å². The van der Waals surface area contributed by atoms with Crippen LogP contribution in [-0.4, -0.2) is 70.1 Å². The first-order valence-electron chi connectivity index (χ1n) is 6.67. The summed E-state index contributed by atoms with van der Waals surface area (Å²) in [7, 11) is 7.47. The molecule has 0 aliphatic carbocycles. The van der Waals surface area contributed by atoms with Gasteiger partial charge in [0.15, 0.2) is 6.49 Å². The third-order valence-electron chi connectivity index (χ3n) is 3.02. The quantitative estimate of drug-likeness (QED) is 0.350. The van der Waals surface area contributed by atoms with Crippen LogP contribution in [0.3, 0.4) is 0 Å². The van der Waals surface area contributed by atoms with E-state index in [1.807, 2.05) is 0 Å². The van der Waals surface area contributed by atoms with E-state index in [0.29, 0.717) is 32.3 Å². The molecular weight excluding hydrogens is 300 g/mol. The zero-order chi connectivity index (χ0) is 15.2. The lowest BCUT2D eigenvalue weighted by molar-refractivity contribution is -0.0205. The SMILES string of the molecule is [B][C@@H]1O[C@H](COC)[C@H](OP(O)(=S)CC)C1OCCCN. The maximum atomic E-state index is 10.0. The fraction of sp³-hybridized carbons (Fsp3) is 1.00. The summed E-state index contributed by atoms with van der Waals surface area (Å²) < 4.78 is 22.0. The Kier molecular flexibility index (Phi) is 8.16. The van der Waals surface area contributed by atoms with E-state index in [4.69, 9.17) is 44.1 Å². The van der Waals surface area contributed by atoms with E-state index in [1.54, 1.807) is 14.0 Å². The summed E-state index contributed by atoms with van der Waals surface area (Å²) in [6, 6.07) is -0.634. The van der Waals surface area contributed by atoms with Gasteiger partial charge in [0.2, 0.25) is 0 Å². The standard InChI is InChI=1S/C11H23BNO5PS/c1-3-19(14,20)18-9-8(7-15-2)17-11(12)10(9)16-6-4-5-13/h8-11H,3-7,13H2,1-2H3,(H,14,20)/t8-,9+,10?,11-,19?/m1/s1. The van der Waals surface area contributed by atoms with Gasteiger partial charge in [0.25, 0.3) is 0 Å². The van der Waals surface area contributed by atoms with Crippen LogP contribution in [0.15, 0.2) is 0 Å². The van der Waals surface area contributed by atoms with Gasteiger partial charge < -0.3 is 29.4 Å². The molecule has 2 radical (unpaired) electrons. The average molecular weight is 323 g/mol. The van der Waals surface area contributed by atoms with Crippen molar-refractivity contribution in [2.24, 2.45) is 5.73 Å². The Morgan fingerprint density at radius 2 is 2.15 bits per heavy atom. The van der Waals surface area contributed by atoms with E-state index in [-0.39, 0.29) is 0 Å². The molecule has 0 aromatic rings. The summed E-state index contributed by atoms with van der Waals surface area (Å²) in [6.45, 7) is 0.222. The highest BCUT2D eigenvalue weighted by Gasteiger charge is 2.45. The minimum absolute atomic E-state index is 0.300. The lowest BCUT2D eigenvalue weighted by Gasteiger charge is -2.27. The van der Waals surface area contributed by atoms with Crippen LogP contribution in [0.1, 0.15) is 13.3 Å². The molecule has 1 fully saturated rings. The van der Waals surface area contributed by atoms with Crippen molar-refractivity contribution in [3.05, 3.63) is 0 Å². The van der Waals surface area contributed by atoms with Crippen LogP contribution in [0.25, 0.3) is 0 Å². The molecule has 0 spiro atoms. The van der Waals surface area contributed by atoms with Crippen molar-refractivity contribution in [2.75, 3.05) is 33.0 Å². The monoisotopic (exact) mass is 323 g/mol. The third-order valence-corrected chi connectivity index (χ3v) is 5.43. The molecule has 116 valence electrons. The van der Waals surface area contributed by atoms with Crippen molar-refractivity contribution in [2.45, 2.75) is 37.7 Å². The van der Waals surface area contributed by atoms with Gasteiger partial charge in [0.1, 0.15) is 26.2 Å². The van der Waals surface area contributed by atoms with E-state index >= 15 is 0 Å². The Morgan fingerprint density at radius 1 is 1.45 bits per heavy atom. The molecule has 1 rings (SSSR count). The zero-order valence-electron chi connectivity index (χ0n) is 11.9. The van der Waals surface area contributed by atoms with Gasteiger partial charge in [-0.3, -0.25) is 0 Å². The predicted octanol–water partition coefficient (Wildman–Crippen LogP) is -0.0329. The Labute approximate surface area is 126 Å². The maximum Gasteiger partial charge on any atom is 0.186 e. The van der Waals surface area contributed by atoms with Gasteiger partial charge in [-0.15, -0.1) is 0 Å². The lowest BCUT2D eigenvalue weighted by atomic mass is 9.93. The Bertz CT molecular complexity index is 338. The van der Waals surface area contributed by atoms with Crippen LogP contribution >= 0.6 is 6.49 Å². The normalized spacial score (nSPS) is 33.2. The Balaban J connectivity index is 2.74. The molecule has 3 N–H and O–H groups in total. The highest BCUT2D eigenvalue weighted by Crippen LogP contribution is 2.46. The average Bonchev–Trinajstić information content (AvgIpc) is 2.67. The number of hydrogen-bond donors (Lipinski definition) is 2. The van der Waals surface area contributed by atoms with Crippen molar-refractivity contribution < 1.29 is 23.6 Å². The molecular formula is C11H23BNO5PS. The third kappa shape index (κ3) is 5.35. The number of nitrogens with two attached hydrogens (primary N) is 1. The highest BCUT2D eigenvalue weighted by atomic mass is 32.5. The van der Waals surface area contributed by atoms with Crippen molar-refractivity contribution in [3.63, 3.8) is 0 Å². The molecule has 0 saturated carbocycles. The highest BCUT2D eigenvalue weighted by molar-refractivity contribution is 8.09. The van der Waals surface area contributed by atoms with Gasteiger partial charge in [-0.1, -0.05) is 6.92 Å². The van der Waals surface area contributed by atoms with E-state index in [0.717, 1.165) is 0 Å². The Hall–Kier alpha value is 0.475. The summed E-state index contributed by atoms with van der Waals surface area (Å²) >= 11 is 5.08. The molecule has 2 unspecified atom stereocenters. The largest absolute Gasteiger partial charge is 0.382 e. The second kappa shape index (κ2) is 8.81. The van der Waals surface area contributed by atoms with E-state index in [1.165, 1.54) is 0 Å². The van der Waals surface area contributed by atoms with E-state index in [2.05, 4.69) is 0 Å². The topological polar surface area (TPSA) is 83.2 Å². The number of ether oxygens (including phenoxy) is 3. The molecule has 0 amide bonds. The molecule has 1 heterocycles. The van der Waals surface area contributed by atoms with Crippen LogP contribution in [0.2, 0.25) is 0 Å². The molecule has 1 saturated heterocycles. The molecule has 6 nitrogen and oxygen atoms in total. The molecule has 1 aliphatic rings. The number of methoxy groups -OCH3 is 1. The van der Waals surface area contributed by atoms with Crippen molar-refractivity contribution in [3.8, 4) is 0 Å². The summed E-state index contributed by atoms with van der Waals surface area (Å²) in [6.07, 6.45) is -0.324. The van der Waals surface area contributed by atoms with E-state index in [9.17, 15) is 4.89 Å². The fourth-order valence-corrected chi connectivity index (χ4v) is 3.02. The zero-order valence-corrected chi connectivity index (χ0v) is 13.6. The van der Waals surface area contributed by atoms with Crippen molar-refractivity contribution in [1.82, 2.24) is 0 Å². The molecule has 5 atom stereocenters. The van der Waals surface area contributed by atoms with Crippen molar-refractivity contribution >= 4 is 26.1 Å². The smallest absolute Gasteiger partial charge is 0.186 e. The second-order valence-corrected chi connectivity index (χ2v) is 8.43.